The molecule has 1 aliphatic carbocycles. The number of hydrogen-bond acceptors (Lipinski definition) is 3. The Hall–Kier alpha value is -0.610. The van der Waals surface area contributed by atoms with E-state index in [0.29, 0.717) is 18.6 Å². The third kappa shape index (κ3) is 3.04. The Labute approximate surface area is 109 Å². The van der Waals surface area contributed by atoms with Gasteiger partial charge in [-0.2, -0.15) is 0 Å². The van der Waals surface area contributed by atoms with Crippen molar-refractivity contribution >= 4 is 5.91 Å². The Bertz CT molecular complexity index is 297. The first-order chi connectivity index (χ1) is 8.83. The summed E-state index contributed by atoms with van der Waals surface area (Å²) in [5.41, 5.74) is 0. The molecular formula is C14H25N3O. The van der Waals surface area contributed by atoms with Gasteiger partial charge in [0.15, 0.2) is 0 Å². The van der Waals surface area contributed by atoms with Gasteiger partial charge in [0.05, 0.1) is 6.54 Å². The zero-order chi connectivity index (χ0) is 12.4. The number of carbonyl (C=O) groups excluding carboxylic acids is 1. The summed E-state index contributed by atoms with van der Waals surface area (Å²) in [5.74, 6) is 1.01. The molecule has 0 aromatic heterocycles. The van der Waals surface area contributed by atoms with Crippen LogP contribution >= 0.6 is 0 Å². The smallest absolute Gasteiger partial charge is 0.234 e. The van der Waals surface area contributed by atoms with E-state index in [1.165, 1.54) is 38.5 Å². The van der Waals surface area contributed by atoms with Gasteiger partial charge in [0.2, 0.25) is 5.91 Å². The fraction of sp³-hybridized carbons (Fsp3) is 0.929. The third-order valence-electron chi connectivity index (χ3n) is 4.61. The highest BCUT2D eigenvalue weighted by molar-refractivity contribution is 5.78. The largest absolute Gasteiger partial charge is 0.355 e. The van der Waals surface area contributed by atoms with E-state index in [1.807, 2.05) is 0 Å². The molecule has 4 nitrogen and oxygen atoms in total. The van der Waals surface area contributed by atoms with Crippen molar-refractivity contribution in [1.82, 2.24) is 15.5 Å². The molecule has 3 fully saturated rings. The summed E-state index contributed by atoms with van der Waals surface area (Å²) >= 11 is 0. The van der Waals surface area contributed by atoms with E-state index in [2.05, 4.69) is 15.5 Å². The molecule has 18 heavy (non-hydrogen) atoms. The Morgan fingerprint density at radius 2 is 2.11 bits per heavy atom. The van der Waals surface area contributed by atoms with E-state index in [4.69, 9.17) is 0 Å². The van der Waals surface area contributed by atoms with Gasteiger partial charge in [0, 0.05) is 18.6 Å². The molecule has 0 aromatic rings. The van der Waals surface area contributed by atoms with Gasteiger partial charge in [-0.3, -0.25) is 9.69 Å². The second-order valence-electron chi connectivity index (χ2n) is 6.13. The zero-order valence-corrected chi connectivity index (χ0v) is 11.2. The predicted molar refractivity (Wildman–Crippen MR) is 71.4 cm³/mol. The molecule has 2 saturated heterocycles. The van der Waals surface area contributed by atoms with Crippen molar-refractivity contribution in [2.75, 3.05) is 26.2 Å². The van der Waals surface area contributed by atoms with Crippen molar-refractivity contribution in [3.05, 3.63) is 0 Å². The van der Waals surface area contributed by atoms with Crippen LogP contribution in [0.3, 0.4) is 0 Å². The van der Waals surface area contributed by atoms with Gasteiger partial charge >= 0.3 is 0 Å². The highest BCUT2D eigenvalue weighted by atomic mass is 16.2. The van der Waals surface area contributed by atoms with Crippen LogP contribution < -0.4 is 10.6 Å². The number of likely N-dealkylation sites (tertiary alicyclic amines) is 1. The minimum Gasteiger partial charge on any atom is -0.355 e. The molecule has 2 heterocycles. The number of nitrogens with zero attached hydrogens (tertiary/aromatic N) is 1. The van der Waals surface area contributed by atoms with E-state index in [9.17, 15) is 4.79 Å². The van der Waals surface area contributed by atoms with Crippen LogP contribution in [0.15, 0.2) is 0 Å². The molecule has 4 heteroatoms. The molecular weight excluding hydrogens is 226 g/mol. The fourth-order valence-electron chi connectivity index (χ4n) is 3.36. The average Bonchev–Trinajstić information content (AvgIpc) is 2.85. The van der Waals surface area contributed by atoms with Crippen LogP contribution in [0.25, 0.3) is 0 Å². The lowest BCUT2D eigenvalue weighted by Gasteiger charge is -2.28. The molecule has 1 saturated carbocycles. The van der Waals surface area contributed by atoms with Gasteiger partial charge in [-0.05, 0) is 57.5 Å². The fourth-order valence-corrected chi connectivity index (χ4v) is 3.36. The molecule has 2 N–H and O–H groups in total. The zero-order valence-electron chi connectivity index (χ0n) is 11.2. The van der Waals surface area contributed by atoms with Gasteiger partial charge in [0.1, 0.15) is 0 Å². The molecule has 3 rings (SSSR count). The van der Waals surface area contributed by atoms with E-state index >= 15 is 0 Å². The Morgan fingerprint density at radius 1 is 1.22 bits per heavy atom. The molecule has 2 unspecified atom stereocenters. The van der Waals surface area contributed by atoms with E-state index in [1.54, 1.807) is 0 Å². The Balaban J connectivity index is 1.45. The normalized spacial score (nSPS) is 32.9. The van der Waals surface area contributed by atoms with Crippen molar-refractivity contribution in [2.45, 2.75) is 50.6 Å². The molecule has 0 radical (unpaired) electrons. The van der Waals surface area contributed by atoms with Crippen molar-refractivity contribution in [3.63, 3.8) is 0 Å². The summed E-state index contributed by atoms with van der Waals surface area (Å²) in [6, 6.07) is 1.22. The van der Waals surface area contributed by atoms with Crippen LogP contribution in [0.4, 0.5) is 0 Å². The lowest BCUT2D eigenvalue weighted by Crippen LogP contribution is -2.47. The maximum atomic E-state index is 11.9. The Morgan fingerprint density at radius 3 is 2.83 bits per heavy atom. The number of amides is 1. The summed E-state index contributed by atoms with van der Waals surface area (Å²) in [4.78, 5) is 14.3. The molecule has 102 valence electrons. The maximum absolute atomic E-state index is 11.9. The molecule has 0 aromatic carbocycles. The standard InChI is InChI=1S/C14H25N3O/c18-14(16-9-11-5-6-11)10-17-8-2-4-13(17)12-3-1-7-15-12/h11-13,15H,1-10H2,(H,16,18). The molecule has 1 amide bonds. The number of rotatable bonds is 5. The van der Waals surface area contributed by atoms with E-state index in [-0.39, 0.29) is 5.91 Å². The van der Waals surface area contributed by atoms with Gasteiger partial charge in [0.25, 0.3) is 0 Å². The van der Waals surface area contributed by atoms with E-state index < -0.39 is 0 Å². The SMILES string of the molecule is O=C(CN1CCCC1C1CCCN1)NCC1CC1. The average molecular weight is 251 g/mol. The van der Waals surface area contributed by atoms with Crippen molar-refractivity contribution in [3.8, 4) is 0 Å². The second-order valence-corrected chi connectivity index (χ2v) is 6.13. The lowest BCUT2D eigenvalue weighted by molar-refractivity contribution is -0.122. The van der Waals surface area contributed by atoms with Crippen LogP contribution in [0.1, 0.15) is 38.5 Å². The first kappa shape index (κ1) is 12.4. The number of carbonyl (C=O) groups is 1. The summed E-state index contributed by atoms with van der Waals surface area (Å²) in [5, 5.41) is 6.67. The first-order valence-electron chi connectivity index (χ1n) is 7.57. The van der Waals surface area contributed by atoms with Gasteiger partial charge in [-0.1, -0.05) is 0 Å². The summed E-state index contributed by atoms with van der Waals surface area (Å²) in [6.45, 7) is 3.76. The molecule has 2 atom stereocenters. The summed E-state index contributed by atoms with van der Waals surface area (Å²) in [7, 11) is 0. The maximum Gasteiger partial charge on any atom is 0.234 e. The van der Waals surface area contributed by atoms with Crippen LogP contribution in [0.5, 0.6) is 0 Å². The minimum atomic E-state index is 0.229. The lowest BCUT2D eigenvalue weighted by atomic mass is 10.0. The molecule has 0 spiro atoms. The van der Waals surface area contributed by atoms with E-state index in [0.717, 1.165) is 25.6 Å². The Kier molecular flexibility index (Phi) is 3.85. The number of hydrogen-bond donors (Lipinski definition) is 2. The van der Waals surface area contributed by atoms with Crippen LogP contribution in [0.2, 0.25) is 0 Å². The topological polar surface area (TPSA) is 44.4 Å². The molecule has 0 bridgehead atoms. The monoisotopic (exact) mass is 251 g/mol. The third-order valence-corrected chi connectivity index (χ3v) is 4.61. The van der Waals surface area contributed by atoms with Gasteiger partial charge in [-0.15, -0.1) is 0 Å². The van der Waals surface area contributed by atoms with Crippen molar-refractivity contribution < 1.29 is 4.79 Å². The molecule has 2 aliphatic heterocycles. The van der Waals surface area contributed by atoms with Crippen LogP contribution in [0, 0.1) is 5.92 Å². The van der Waals surface area contributed by atoms with Crippen molar-refractivity contribution in [2.24, 2.45) is 5.92 Å². The quantitative estimate of drug-likeness (QED) is 0.757. The summed E-state index contributed by atoms with van der Waals surface area (Å²) < 4.78 is 0. The van der Waals surface area contributed by atoms with Gasteiger partial charge in [-0.25, -0.2) is 0 Å². The number of nitrogens with one attached hydrogen (secondary N) is 2. The highest BCUT2D eigenvalue weighted by Crippen LogP contribution is 2.27. The van der Waals surface area contributed by atoms with Crippen molar-refractivity contribution in [1.29, 1.82) is 0 Å². The first-order valence-corrected chi connectivity index (χ1v) is 7.57. The molecule has 3 aliphatic rings. The second kappa shape index (κ2) is 5.57. The highest BCUT2D eigenvalue weighted by Gasteiger charge is 2.34. The minimum absolute atomic E-state index is 0.229. The van der Waals surface area contributed by atoms with Crippen LogP contribution in [-0.4, -0.2) is 49.1 Å². The predicted octanol–water partition coefficient (Wildman–Crippen LogP) is 0.729. The van der Waals surface area contributed by atoms with Crippen LogP contribution in [-0.2, 0) is 4.79 Å². The summed E-state index contributed by atoms with van der Waals surface area (Å²) in [6.07, 6.45) is 7.69. The van der Waals surface area contributed by atoms with Gasteiger partial charge < -0.3 is 10.6 Å².